The first-order valence-electron chi connectivity index (χ1n) is 13.9. The van der Waals surface area contributed by atoms with E-state index in [1.165, 1.54) is 23.1 Å². The second-order valence-corrected chi connectivity index (χ2v) is 12.1. The maximum absolute atomic E-state index is 13.8. The number of amides is 2. The van der Waals surface area contributed by atoms with Gasteiger partial charge in [0, 0.05) is 48.0 Å². The Balaban J connectivity index is 1.37. The lowest BCUT2D eigenvalue weighted by Crippen LogP contribution is -2.32. The minimum Gasteiger partial charge on any atom is -0.497 e. The zero-order valence-electron chi connectivity index (χ0n) is 23.2. The highest BCUT2D eigenvalue weighted by molar-refractivity contribution is 8.00. The van der Waals surface area contributed by atoms with Gasteiger partial charge in [-0.25, -0.2) is 4.98 Å². The molecule has 41 heavy (non-hydrogen) atoms. The van der Waals surface area contributed by atoms with Crippen molar-refractivity contribution in [2.45, 2.75) is 62.1 Å². The van der Waals surface area contributed by atoms with Crippen molar-refractivity contribution in [3.8, 4) is 5.75 Å². The fourth-order valence-electron chi connectivity index (χ4n) is 4.83. The van der Waals surface area contributed by atoms with Gasteiger partial charge in [-0.3, -0.25) is 19.0 Å². The van der Waals surface area contributed by atoms with Crippen molar-refractivity contribution >= 4 is 60.9 Å². The summed E-state index contributed by atoms with van der Waals surface area (Å²) in [6.45, 7) is 3.50. The number of nitrogens with one attached hydrogen (secondary N) is 2. The molecule has 216 valence electrons. The van der Waals surface area contributed by atoms with Crippen LogP contribution in [0.2, 0.25) is 0 Å². The summed E-state index contributed by atoms with van der Waals surface area (Å²) in [5.74, 6) is 0.395. The smallest absolute Gasteiger partial charge is 0.272 e. The lowest BCUT2D eigenvalue weighted by molar-refractivity contribution is -0.121. The summed E-state index contributed by atoms with van der Waals surface area (Å²) < 4.78 is 14.0. The third kappa shape index (κ3) is 6.91. The standard InChI is InChI=1S/C30H34N4O5S2/c1-3-23(28(36)32-19-9-6-10-20(17-19)38-2)41-30-33-26-22-12-4-5-13-24(22)40-27(26)29(37)34(30)15-7-14-25(35)31-18-21-11-8-16-39-21/h4-6,9-10,12-13,17,21,23H,3,7-8,11,14-16,18H2,1-2H3,(H,31,35)(H,32,36). The van der Waals surface area contributed by atoms with Gasteiger partial charge in [0.25, 0.3) is 5.56 Å². The van der Waals surface area contributed by atoms with E-state index >= 15 is 0 Å². The van der Waals surface area contributed by atoms with Crippen molar-refractivity contribution < 1.29 is 19.1 Å². The molecule has 0 aliphatic carbocycles. The first-order valence-corrected chi connectivity index (χ1v) is 15.6. The zero-order chi connectivity index (χ0) is 28.8. The lowest BCUT2D eigenvalue weighted by Gasteiger charge is -2.18. The second-order valence-electron chi connectivity index (χ2n) is 9.91. The highest BCUT2D eigenvalue weighted by Crippen LogP contribution is 2.33. The second kappa shape index (κ2) is 13.5. The van der Waals surface area contributed by atoms with Crippen LogP contribution in [-0.2, 0) is 20.9 Å². The maximum atomic E-state index is 13.8. The summed E-state index contributed by atoms with van der Waals surface area (Å²) >= 11 is 2.70. The quantitative estimate of drug-likeness (QED) is 0.171. The van der Waals surface area contributed by atoms with Gasteiger partial charge in [0.05, 0.1) is 24.0 Å². The third-order valence-electron chi connectivity index (χ3n) is 7.03. The number of aromatic nitrogens is 2. The number of nitrogens with zero attached hydrogens (tertiary/aromatic N) is 2. The number of methoxy groups -OCH3 is 1. The monoisotopic (exact) mass is 594 g/mol. The van der Waals surface area contributed by atoms with Gasteiger partial charge < -0.3 is 20.1 Å². The predicted octanol–water partition coefficient (Wildman–Crippen LogP) is 5.20. The van der Waals surface area contributed by atoms with Crippen LogP contribution in [0.4, 0.5) is 5.69 Å². The van der Waals surface area contributed by atoms with Crippen LogP contribution < -0.4 is 20.9 Å². The van der Waals surface area contributed by atoms with E-state index in [0.29, 0.717) is 52.7 Å². The Kier molecular flexibility index (Phi) is 9.58. The van der Waals surface area contributed by atoms with Crippen molar-refractivity contribution in [1.29, 1.82) is 0 Å². The number of carbonyl (C=O) groups excluding carboxylic acids is 2. The number of fused-ring (bicyclic) bond motifs is 3. The fourth-order valence-corrected chi connectivity index (χ4v) is 6.96. The van der Waals surface area contributed by atoms with Crippen LogP contribution in [-0.4, -0.2) is 53.0 Å². The Hall–Kier alpha value is -3.41. The van der Waals surface area contributed by atoms with Gasteiger partial charge in [-0.2, -0.15) is 0 Å². The maximum Gasteiger partial charge on any atom is 0.272 e. The zero-order valence-corrected chi connectivity index (χ0v) is 24.8. The molecule has 0 bridgehead atoms. The van der Waals surface area contributed by atoms with Crippen LogP contribution in [0.1, 0.15) is 39.0 Å². The Morgan fingerprint density at radius 1 is 1.24 bits per heavy atom. The molecule has 1 fully saturated rings. The molecule has 0 spiro atoms. The average Bonchev–Trinajstić information content (AvgIpc) is 3.64. The number of hydrogen-bond donors (Lipinski definition) is 2. The molecule has 1 saturated heterocycles. The summed E-state index contributed by atoms with van der Waals surface area (Å²) in [6, 6.07) is 15.0. The van der Waals surface area contributed by atoms with E-state index in [2.05, 4.69) is 10.6 Å². The molecule has 0 radical (unpaired) electrons. The van der Waals surface area contributed by atoms with Gasteiger partial charge in [0.1, 0.15) is 10.4 Å². The van der Waals surface area contributed by atoms with Crippen LogP contribution in [0, 0.1) is 0 Å². The normalized spacial score (nSPS) is 15.7. The number of anilines is 1. The Bertz CT molecular complexity index is 1600. The highest BCUT2D eigenvalue weighted by Gasteiger charge is 2.24. The first-order chi connectivity index (χ1) is 20.0. The van der Waals surface area contributed by atoms with Gasteiger partial charge in [0.15, 0.2) is 5.16 Å². The molecule has 1 aliphatic rings. The summed E-state index contributed by atoms with van der Waals surface area (Å²) in [5.41, 5.74) is 1.13. The number of carbonyl (C=O) groups is 2. The van der Waals surface area contributed by atoms with Crippen molar-refractivity contribution in [3.05, 3.63) is 58.9 Å². The highest BCUT2D eigenvalue weighted by atomic mass is 32.2. The molecular formula is C30H34N4O5S2. The third-order valence-corrected chi connectivity index (χ3v) is 9.53. The summed E-state index contributed by atoms with van der Waals surface area (Å²) in [7, 11) is 1.58. The number of benzene rings is 2. The Morgan fingerprint density at radius 2 is 2.10 bits per heavy atom. The molecule has 0 saturated carbocycles. The SMILES string of the molecule is CCC(Sc1nc2c(sc3ccccc32)c(=O)n1CCCC(=O)NCC1CCCO1)C(=O)Nc1cccc(OC)c1. The molecule has 2 N–H and O–H groups in total. The van der Waals surface area contributed by atoms with E-state index in [4.69, 9.17) is 14.5 Å². The topological polar surface area (TPSA) is 112 Å². The van der Waals surface area contributed by atoms with Crippen molar-refractivity contribution in [2.24, 2.45) is 0 Å². The van der Waals surface area contributed by atoms with E-state index in [1.807, 2.05) is 43.3 Å². The summed E-state index contributed by atoms with van der Waals surface area (Å²) in [4.78, 5) is 44.5. The molecular weight excluding hydrogens is 560 g/mol. The minimum absolute atomic E-state index is 0.0669. The molecule has 2 atom stereocenters. The molecule has 3 heterocycles. The van der Waals surface area contributed by atoms with Crippen LogP contribution in [0.25, 0.3) is 20.3 Å². The van der Waals surface area contributed by atoms with Gasteiger partial charge in [-0.05, 0) is 43.9 Å². The predicted molar refractivity (Wildman–Crippen MR) is 164 cm³/mol. The first kappa shape index (κ1) is 29.1. The largest absolute Gasteiger partial charge is 0.497 e. The number of ether oxygens (including phenoxy) is 2. The van der Waals surface area contributed by atoms with Gasteiger partial charge in [0.2, 0.25) is 11.8 Å². The van der Waals surface area contributed by atoms with Crippen LogP contribution in [0.3, 0.4) is 0 Å². The molecule has 2 unspecified atom stereocenters. The van der Waals surface area contributed by atoms with E-state index in [-0.39, 0.29) is 29.9 Å². The molecule has 11 heteroatoms. The van der Waals surface area contributed by atoms with Crippen LogP contribution in [0.15, 0.2) is 58.5 Å². The van der Waals surface area contributed by atoms with Crippen LogP contribution >= 0.6 is 23.1 Å². The average molecular weight is 595 g/mol. The molecule has 2 aromatic carbocycles. The van der Waals surface area contributed by atoms with Gasteiger partial charge in [-0.1, -0.05) is 43.0 Å². The van der Waals surface area contributed by atoms with Gasteiger partial charge >= 0.3 is 0 Å². The summed E-state index contributed by atoms with van der Waals surface area (Å²) in [6.07, 6.45) is 3.34. The van der Waals surface area contributed by atoms with Crippen molar-refractivity contribution in [3.63, 3.8) is 0 Å². The summed E-state index contributed by atoms with van der Waals surface area (Å²) in [5, 5.41) is 6.80. The molecule has 9 nitrogen and oxygen atoms in total. The minimum atomic E-state index is -0.489. The molecule has 4 aromatic rings. The van der Waals surface area contributed by atoms with Crippen molar-refractivity contribution in [1.82, 2.24) is 14.9 Å². The Labute approximate surface area is 246 Å². The van der Waals surface area contributed by atoms with E-state index in [9.17, 15) is 14.4 Å². The molecule has 2 amide bonds. The Morgan fingerprint density at radius 3 is 2.88 bits per heavy atom. The number of thiophene rings is 1. The van der Waals surface area contributed by atoms with Crippen molar-refractivity contribution in [2.75, 3.05) is 25.6 Å². The molecule has 5 rings (SSSR count). The van der Waals surface area contributed by atoms with Gasteiger partial charge in [-0.15, -0.1) is 11.3 Å². The number of thioether (sulfide) groups is 1. The number of rotatable bonds is 12. The van der Waals surface area contributed by atoms with Crippen LogP contribution in [0.5, 0.6) is 5.75 Å². The van der Waals surface area contributed by atoms with E-state index < -0.39 is 5.25 Å². The lowest BCUT2D eigenvalue weighted by atomic mass is 10.2. The van der Waals surface area contributed by atoms with E-state index in [1.54, 1.807) is 23.8 Å². The molecule has 1 aliphatic heterocycles. The van der Waals surface area contributed by atoms with E-state index in [0.717, 1.165) is 29.5 Å². The number of hydrogen-bond acceptors (Lipinski definition) is 8. The molecule has 2 aromatic heterocycles. The fraction of sp³-hybridized carbons (Fsp3) is 0.400.